The van der Waals surface area contributed by atoms with Crippen molar-refractivity contribution in [3.63, 3.8) is 0 Å². The van der Waals surface area contributed by atoms with E-state index in [1.165, 1.54) is 6.92 Å². The maximum absolute atomic E-state index is 12.4. The summed E-state index contributed by atoms with van der Waals surface area (Å²) in [6.45, 7) is 2.36. The second kappa shape index (κ2) is 9.45. The molecular weight excluding hydrogens is 332 g/mol. The fraction of sp³-hybridized carbons (Fsp3) is 0.389. The number of hydrogen-bond acceptors (Lipinski definition) is 3. The number of guanidine groups is 1. The maximum atomic E-state index is 12.4. The van der Waals surface area contributed by atoms with Crippen molar-refractivity contribution in [3.8, 4) is 0 Å². The highest BCUT2D eigenvalue weighted by Gasteiger charge is 2.18. The average Bonchev–Trinajstić information content (AvgIpc) is 3.00. The Morgan fingerprint density at radius 3 is 2.73 bits per heavy atom. The number of nitrogens with one attached hydrogen (secondary N) is 5. The number of nitrogens with two attached hydrogens (primary N) is 1. The highest BCUT2D eigenvalue weighted by molar-refractivity contribution is 5.87. The van der Waals surface area contributed by atoms with Crippen LogP contribution >= 0.6 is 0 Å². The van der Waals surface area contributed by atoms with Gasteiger partial charge in [-0.3, -0.25) is 15.0 Å². The molecule has 2 rings (SSSR count). The van der Waals surface area contributed by atoms with E-state index in [2.05, 4.69) is 20.9 Å². The maximum Gasteiger partial charge on any atom is 0.242 e. The molecule has 0 radical (unpaired) electrons. The molecule has 0 bridgehead atoms. The van der Waals surface area contributed by atoms with Crippen molar-refractivity contribution in [2.24, 2.45) is 5.73 Å². The second-order valence-corrected chi connectivity index (χ2v) is 6.14. The lowest BCUT2D eigenvalue weighted by atomic mass is 10.1. The summed E-state index contributed by atoms with van der Waals surface area (Å²) >= 11 is 0. The highest BCUT2D eigenvalue weighted by Crippen LogP contribution is 2.17. The number of benzene rings is 1. The van der Waals surface area contributed by atoms with Gasteiger partial charge in [0, 0.05) is 37.1 Å². The Morgan fingerprint density at radius 2 is 2.00 bits per heavy atom. The molecule has 8 heteroatoms. The smallest absolute Gasteiger partial charge is 0.242 e. The summed E-state index contributed by atoms with van der Waals surface area (Å²) in [5.74, 6) is -0.562. The van der Waals surface area contributed by atoms with Crippen molar-refractivity contribution in [1.82, 2.24) is 20.9 Å². The van der Waals surface area contributed by atoms with Crippen LogP contribution in [0.5, 0.6) is 0 Å². The van der Waals surface area contributed by atoms with E-state index in [0.29, 0.717) is 32.4 Å². The van der Waals surface area contributed by atoms with Crippen LogP contribution in [0.1, 0.15) is 25.3 Å². The monoisotopic (exact) mass is 358 g/mol. The van der Waals surface area contributed by atoms with Crippen LogP contribution in [-0.2, 0) is 16.0 Å². The Bertz CT molecular complexity index is 770. The van der Waals surface area contributed by atoms with E-state index in [9.17, 15) is 9.59 Å². The third-order valence-corrected chi connectivity index (χ3v) is 4.05. The molecule has 0 saturated carbocycles. The quantitative estimate of drug-likeness (QED) is 0.222. The van der Waals surface area contributed by atoms with Crippen LogP contribution in [-0.4, -0.2) is 41.9 Å². The fourth-order valence-electron chi connectivity index (χ4n) is 2.83. The highest BCUT2D eigenvalue weighted by atomic mass is 16.2. The van der Waals surface area contributed by atoms with E-state index in [0.717, 1.165) is 16.5 Å². The molecule has 0 unspecified atom stereocenters. The van der Waals surface area contributed by atoms with Gasteiger partial charge in [0.2, 0.25) is 11.8 Å². The Balaban J connectivity index is 1.83. The van der Waals surface area contributed by atoms with Crippen molar-refractivity contribution in [1.29, 1.82) is 5.41 Å². The summed E-state index contributed by atoms with van der Waals surface area (Å²) in [6, 6.07) is 7.43. The topological polar surface area (TPSA) is 136 Å². The fourth-order valence-corrected chi connectivity index (χ4v) is 2.83. The van der Waals surface area contributed by atoms with Crippen molar-refractivity contribution in [2.45, 2.75) is 32.2 Å². The number of fused-ring (bicyclic) bond motifs is 1. The van der Waals surface area contributed by atoms with Crippen molar-refractivity contribution in [3.05, 3.63) is 36.0 Å². The van der Waals surface area contributed by atoms with E-state index < -0.39 is 6.04 Å². The van der Waals surface area contributed by atoms with Crippen LogP contribution in [0.3, 0.4) is 0 Å². The van der Waals surface area contributed by atoms with Gasteiger partial charge in [0.05, 0.1) is 0 Å². The zero-order chi connectivity index (χ0) is 18.9. The molecule has 1 atom stereocenters. The Kier molecular flexibility index (Phi) is 7.02. The number of hydrogen-bond donors (Lipinski definition) is 6. The van der Waals surface area contributed by atoms with Gasteiger partial charge in [-0.1, -0.05) is 18.2 Å². The predicted molar refractivity (Wildman–Crippen MR) is 102 cm³/mol. The first kappa shape index (κ1) is 19.3. The van der Waals surface area contributed by atoms with E-state index in [-0.39, 0.29) is 17.8 Å². The Hall–Kier alpha value is -3.03. The normalized spacial score (nSPS) is 11.7. The van der Waals surface area contributed by atoms with Crippen molar-refractivity contribution >= 4 is 28.7 Å². The Morgan fingerprint density at radius 1 is 1.23 bits per heavy atom. The average molecular weight is 358 g/mol. The molecule has 0 fully saturated rings. The van der Waals surface area contributed by atoms with Crippen LogP contribution in [0, 0.1) is 5.41 Å². The van der Waals surface area contributed by atoms with Gasteiger partial charge < -0.3 is 26.7 Å². The summed E-state index contributed by atoms with van der Waals surface area (Å²) < 4.78 is 0. The lowest BCUT2D eigenvalue weighted by Crippen LogP contribution is -2.47. The third kappa shape index (κ3) is 5.80. The van der Waals surface area contributed by atoms with Gasteiger partial charge in [0.25, 0.3) is 0 Å². The third-order valence-electron chi connectivity index (χ3n) is 4.05. The van der Waals surface area contributed by atoms with Crippen molar-refractivity contribution in [2.75, 3.05) is 13.1 Å². The number of rotatable bonds is 9. The van der Waals surface area contributed by atoms with Crippen molar-refractivity contribution < 1.29 is 9.59 Å². The predicted octanol–water partition coefficient (Wildman–Crippen LogP) is 0.595. The van der Waals surface area contributed by atoms with E-state index in [1.54, 1.807) is 0 Å². The molecule has 0 aliphatic carbocycles. The summed E-state index contributed by atoms with van der Waals surface area (Å²) in [5, 5.41) is 16.5. The minimum Gasteiger partial charge on any atom is -0.370 e. The van der Waals surface area contributed by atoms with Gasteiger partial charge in [-0.15, -0.1) is 0 Å². The van der Waals surface area contributed by atoms with Crippen LogP contribution < -0.4 is 21.7 Å². The Labute approximate surface area is 152 Å². The zero-order valence-corrected chi connectivity index (χ0v) is 14.9. The first-order chi connectivity index (χ1) is 12.5. The van der Waals surface area contributed by atoms with Gasteiger partial charge in [0.15, 0.2) is 5.96 Å². The lowest BCUT2D eigenvalue weighted by molar-refractivity contribution is -0.128. The molecule has 2 aromatic rings. The minimum absolute atomic E-state index is 0.107. The minimum atomic E-state index is -0.593. The number of amides is 2. The summed E-state index contributed by atoms with van der Waals surface area (Å²) in [7, 11) is 0. The molecule has 1 heterocycles. The number of carbonyl (C=O) groups is 2. The molecule has 0 aliphatic heterocycles. The largest absolute Gasteiger partial charge is 0.370 e. The first-order valence-electron chi connectivity index (χ1n) is 8.65. The number of para-hydroxylation sites is 1. The summed E-state index contributed by atoms with van der Waals surface area (Å²) in [4.78, 5) is 26.9. The first-order valence-corrected chi connectivity index (χ1v) is 8.65. The SMILES string of the molecule is CC(=O)N[C@@H](CCCNC(=N)N)C(=O)NCCc1c[nH]c2ccccc12. The van der Waals surface area contributed by atoms with E-state index in [4.69, 9.17) is 11.1 Å². The molecule has 0 spiro atoms. The molecule has 2 amide bonds. The van der Waals surface area contributed by atoms with Gasteiger partial charge in [0.1, 0.15) is 6.04 Å². The van der Waals surface area contributed by atoms with E-state index in [1.807, 2.05) is 30.5 Å². The van der Waals surface area contributed by atoms with Gasteiger partial charge in [-0.05, 0) is 30.9 Å². The molecular formula is C18H26N6O2. The molecule has 1 aromatic heterocycles. The second-order valence-electron chi connectivity index (χ2n) is 6.14. The summed E-state index contributed by atoms with van der Waals surface area (Å²) in [5.41, 5.74) is 7.44. The van der Waals surface area contributed by atoms with Gasteiger partial charge in [-0.25, -0.2) is 0 Å². The molecule has 0 saturated heterocycles. The molecule has 8 nitrogen and oxygen atoms in total. The van der Waals surface area contributed by atoms with Gasteiger partial charge >= 0.3 is 0 Å². The molecule has 7 N–H and O–H groups in total. The molecule has 140 valence electrons. The van der Waals surface area contributed by atoms with Crippen LogP contribution in [0.15, 0.2) is 30.5 Å². The molecule has 0 aliphatic rings. The number of aromatic nitrogens is 1. The van der Waals surface area contributed by atoms with Gasteiger partial charge in [-0.2, -0.15) is 0 Å². The lowest BCUT2D eigenvalue weighted by Gasteiger charge is -2.17. The molecule has 1 aromatic carbocycles. The summed E-state index contributed by atoms with van der Waals surface area (Å²) in [6.07, 6.45) is 3.74. The van der Waals surface area contributed by atoms with Crippen LogP contribution in [0.2, 0.25) is 0 Å². The zero-order valence-electron chi connectivity index (χ0n) is 14.9. The molecule has 26 heavy (non-hydrogen) atoms. The van der Waals surface area contributed by atoms with E-state index >= 15 is 0 Å². The number of H-pyrrole nitrogens is 1. The number of aromatic amines is 1. The standard InChI is InChI=1S/C18H26N6O2/c1-12(25)24-16(7-4-9-22-18(19)20)17(26)21-10-8-13-11-23-15-6-3-2-5-14(13)15/h2-3,5-6,11,16,23H,4,7-10H2,1H3,(H,21,26)(H,24,25)(H4,19,20,22)/t16-/m0/s1. The van der Waals surface area contributed by atoms with Crippen LogP contribution in [0.4, 0.5) is 0 Å². The number of carbonyl (C=O) groups excluding carboxylic acids is 2. The van der Waals surface area contributed by atoms with Crippen LogP contribution in [0.25, 0.3) is 10.9 Å².